The fourth-order valence-corrected chi connectivity index (χ4v) is 2.05. The average Bonchev–Trinajstić information content (AvgIpc) is 2.58. The summed E-state index contributed by atoms with van der Waals surface area (Å²) in [6, 6.07) is 1.86. The number of aromatic carboxylic acids is 1. The van der Waals surface area contributed by atoms with Crippen molar-refractivity contribution in [1.82, 2.24) is 0 Å². The smallest absolute Gasteiger partial charge is 0.490 e. The largest absolute Gasteiger partial charge is 0.573 e. The minimum atomic E-state index is -5.37. The molecule has 2 rings (SSSR count). The number of hydrogen-bond donors (Lipinski definition) is 1. The lowest BCUT2D eigenvalue weighted by molar-refractivity contribution is -0.275. The SMILES string of the molecule is [2H]C([2H])([2H])Oc1c(Oc2ccc(C(F)F)c(F)c2C(=O)O)ccc(OC(F)(F)F)c1F. The molecule has 0 bridgehead atoms. The van der Waals surface area contributed by atoms with Crippen LogP contribution in [0.25, 0.3) is 0 Å². The fraction of sp³-hybridized carbons (Fsp3) is 0.188. The summed E-state index contributed by atoms with van der Waals surface area (Å²) < 4.78 is 125. The first kappa shape index (κ1) is 17.0. The number of carboxylic acids is 1. The summed E-state index contributed by atoms with van der Waals surface area (Å²) in [7, 11) is -3.42. The molecule has 0 spiro atoms. The van der Waals surface area contributed by atoms with E-state index in [2.05, 4.69) is 9.47 Å². The average molecular weight is 417 g/mol. The molecule has 0 atom stereocenters. The summed E-state index contributed by atoms with van der Waals surface area (Å²) in [6.07, 6.45) is -8.77. The van der Waals surface area contributed by atoms with Gasteiger partial charge in [0.2, 0.25) is 11.6 Å². The van der Waals surface area contributed by atoms with Gasteiger partial charge in [-0.3, -0.25) is 0 Å². The van der Waals surface area contributed by atoms with Gasteiger partial charge in [-0.05, 0) is 24.3 Å². The van der Waals surface area contributed by atoms with Crippen LogP contribution in [0.15, 0.2) is 24.3 Å². The van der Waals surface area contributed by atoms with Crippen LogP contribution in [0.4, 0.5) is 30.7 Å². The Morgan fingerprint density at radius 2 is 1.68 bits per heavy atom. The van der Waals surface area contributed by atoms with Crippen LogP contribution < -0.4 is 14.2 Å². The Hall–Kier alpha value is -3.18. The monoisotopic (exact) mass is 417 g/mol. The highest BCUT2D eigenvalue weighted by Crippen LogP contribution is 2.41. The molecular formula is C16H9F7O5. The Morgan fingerprint density at radius 1 is 1.07 bits per heavy atom. The topological polar surface area (TPSA) is 65.0 Å². The van der Waals surface area contributed by atoms with E-state index >= 15 is 0 Å². The molecule has 1 N–H and O–H groups in total. The van der Waals surface area contributed by atoms with E-state index in [-0.39, 0.29) is 0 Å². The predicted octanol–water partition coefficient (Wildman–Crippen LogP) is 5.30. The molecule has 0 aliphatic rings. The third-order valence-electron chi connectivity index (χ3n) is 3.16. The summed E-state index contributed by atoms with van der Waals surface area (Å²) in [6.45, 7) is 0. The van der Waals surface area contributed by atoms with Crippen LogP contribution in [0.2, 0.25) is 0 Å². The zero-order valence-electron chi connectivity index (χ0n) is 16.1. The molecule has 0 heterocycles. The quantitative estimate of drug-likeness (QED) is 0.647. The van der Waals surface area contributed by atoms with E-state index < -0.39 is 71.6 Å². The van der Waals surface area contributed by atoms with Crippen LogP contribution >= 0.6 is 0 Å². The van der Waals surface area contributed by atoms with Crippen molar-refractivity contribution in [1.29, 1.82) is 0 Å². The zero-order chi connectivity index (χ0) is 23.7. The van der Waals surface area contributed by atoms with Gasteiger partial charge in [-0.15, -0.1) is 13.2 Å². The molecule has 0 aliphatic carbocycles. The summed E-state index contributed by atoms with van der Waals surface area (Å²) in [4.78, 5) is 11.3. The van der Waals surface area contributed by atoms with Crippen molar-refractivity contribution in [3.8, 4) is 23.0 Å². The van der Waals surface area contributed by atoms with Gasteiger partial charge >= 0.3 is 12.3 Å². The van der Waals surface area contributed by atoms with Crippen LogP contribution in [0.1, 0.15) is 26.5 Å². The second-order valence-electron chi connectivity index (χ2n) is 4.90. The van der Waals surface area contributed by atoms with Crippen LogP contribution in [0.3, 0.4) is 0 Å². The lowest BCUT2D eigenvalue weighted by Crippen LogP contribution is -2.18. The Labute approximate surface area is 156 Å². The number of carbonyl (C=O) groups is 1. The number of methoxy groups -OCH3 is 1. The highest BCUT2D eigenvalue weighted by atomic mass is 19.4. The van der Waals surface area contributed by atoms with Crippen molar-refractivity contribution >= 4 is 5.97 Å². The van der Waals surface area contributed by atoms with E-state index in [9.17, 15) is 35.5 Å². The second kappa shape index (κ2) is 7.82. The fourth-order valence-electron chi connectivity index (χ4n) is 2.05. The van der Waals surface area contributed by atoms with E-state index in [1.807, 2.05) is 0 Å². The van der Waals surface area contributed by atoms with Gasteiger partial charge in [0.1, 0.15) is 17.1 Å². The normalized spacial score (nSPS) is 13.5. The lowest BCUT2D eigenvalue weighted by Gasteiger charge is -2.16. The van der Waals surface area contributed by atoms with E-state index in [4.69, 9.17) is 14.0 Å². The molecule has 0 amide bonds. The number of benzene rings is 2. The first-order valence-electron chi connectivity index (χ1n) is 8.39. The molecule has 152 valence electrons. The Bertz CT molecular complexity index is 993. The maximum atomic E-state index is 14.4. The van der Waals surface area contributed by atoms with Crippen molar-refractivity contribution in [3.63, 3.8) is 0 Å². The number of hydrogen-bond acceptors (Lipinski definition) is 4. The van der Waals surface area contributed by atoms with E-state index in [1.54, 1.807) is 0 Å². The molecule has 0 aliphatic heterocycles. The molecule has 0 aromatic heterocycles. The van der Waals surface area contributed by atoms with Gasteiger partial charge in [0.25, 0.3) is 6.43 Å². The van der Waals surface area contributed by atoms with Gasteiger partial charge in [-0.25, -0.2) is 18.0 Å². The molecule has 0 saturated heterocycles. The number of rotatable bonds is 6. The molecule has 0 fully saturated rings. The maximum Gasteiger partial charge on any atom is 0.573 e. The highest BCUT2D eigenvalue weighted by molar-refractivity contribution is 5.91. The highest BCUT2D eigenvalue weighted by Gasteiger charge is 2.34. The molecule has 28 heavy (non-hydrogen) atoms. The Morgan fingerprint density at radius 3 is 2.21 bits per heavy atom. The van der Waals surface area contributed by atoms with Crippen molar-refractivity contribution < 1.29 is 59.0 Å². The molecule has 5 nitrogen and oxygen atoms in total. The van der Waals surface area contributed by atoms with Crippen molar-refractivity contribution in [2.24, 2.45) is 0 Å². The van der Waals surface area contributed by atoms with Crippen LogP contribution in [-0.2, 0) is 0 Å². The number of carboxylic acid groups (broad SMARTS) is 1. The molecule has 12 heteroatoms. The van der Waals surface area contributed by atoms with Gasteiger partial charge in [-0.2, -0.15) is 4.39 Å². The summed E-state index contributed by atoms with van der Waals surface area (Å²) in [5, 5.41) is 9.11. The number of alkyl halides is 5. The zero-order valence-corrected chi connectivity index (χ0v) is 13.1. The number of halogens is 7. The van der Waals surface area contributed by atoms with E-state index in [1.165, 1.54) is 0 Å². The Kier molecular flexibility index (Phi) is 4.74. The summed E-state index contributed by atoms with van der Waals surface area (Å²) in [5.74, 6) is -10.9. The van der Waals surface area contributed by atoms with Gasteiger partial charge in [0.15, 0.2) is 11.5 Å². The maximum absolute atomic E-state index is 14.4. The first-order chi connectivity index (χ1) is 14.1. The molecule has 2 aromatic carbocycles. The van der Waals surface area contributed by atoms with Crippen LogP contribution in [0, 0.1) is 11.6 Å². The van der Waals surface area contributed by atoms with E-state index in [0.717, 1.165) is 0 Å². The third-order valence-corrected chi connectivity index (χ3v) is 3.16. The molecule has 0 saturated carbocycles. The minimum Gasteiger partial charge on any atom is -0.490 e. The summed E-state index contributed by atoms with van der Waals surface area (Å²) in [5.41, 5.74) is -2.72. The van der Waals surface area contributed by atoms with Crippen molar-refractivity contribution in [2.75, 3.05) is 7.04 Å². The van der Waals surface area contributed by atoms with E-state index in [0.29, 0.717) is 24.3 Å². The van der Waals surface area contributed by atoms with Crippen molar-refractivity contribution in [3.05, 3.63) is 47.0 Å². The predicted molar refractivity (Wildman–Crippen MR) is 78.0 cm³/mol. The minimum absolute atomic E-state index is 0.342. The number of ether oxygens (including phenoxy) is 3. The lowest BCUT2D eigenvalue weighted by atomic mass is 10.1. The summed E-state index contributed by atoms with van der Waals surface area (Å²) >= 11 is 0. The van der Waals surface area contributed by atoms with Gasteiger partial charge in [-0.1, -0.05) is 0 Å². The van der Waals surface area contributed by atoms with Crippen LogP contribution in [0.5, 0.6) is 23.0 Å². The molecule has 2 aromatic rings. The van der Waals surface area contributed by atoms with Gasteiger partial charge < -0.3 is 19.3 Å². The second-order valence-corrected chi connectivity index (χ2v) is 4.90. The standard InChI is InChI=1S/C16H9F7O5/c1-26-13-9(5-4-8(12(13)18)28-16(21,22)23)27-7-3-2-6(14(19)20)11(17)10(7)15(24)25/h2-5,14H,1H3,(H,24,25)/i1D3. The molecule has 0 unspecified atom stereocenters. The van der Waals surface area contributed by atoms with Gasteiger partial charge in [0.05, 0.1) is 16.7 Å². The molecule has 0 radical (unpaired) electrons. The van der Waals surface area contributed by atoms with Crippen LogP contribution in [-0.4, -0.2) is 24.5 Å². The first-order valence-corrected chi connectivity index (χ1v) is 6.89. The molecular weight excluding hydrogens is 405 g/mol. The Balaban J connectivity index is 2.62. The third kappa shape index (κ3) is 4.38. The van der Waals surface area contributed by atoms with Gasteiger partial charge in [0, 0.05) is 0 Å². The van der Waals surface area contributed by atoms with Crippen molar-refractivity contribution in [2.45, 2.75) is 12.8 Å².